The van der Waals surface area contributed by atoms with Crippen LogP contribution in [-0.2, 0) is 4.79 Å². The molecule has 0 aliphatic carbocycles. The van der Waals surface area contributed by atoms with Crippen LogP contribution in [0, 0.1) is 5.92 Å². The van der Waals surface area contributed by atoms with Crippen LogP contribution in [0.25, 0.3) is 52.6 Å². The first kappa shape index (κ1) is 27.7. The molecule has 0 saturated carbocycles. The smallest absolute Gasteiger partial charge is 0.223 e. The number of rotatable bonds is 7. The average Bonchev–Trinajstić information content (AvgIpc) is 3.85. The maximum atomic E-state index is 12.8. The lowest BCUT2D eigenvalue weighted by Gasteiger charge is -2.24. The minimum Gasteiger partial charge on any atom is -0.341 e. The van der Waals surface area contributed by atoms with Crippen LogP contribution in [0.4, 0.5) is 0 Å². The zero-order valence-corrected chi connectivity index (χ0v) is 26.7. The summed E-state index contributed by atoms with van der Waals surface area (Å²) in [5.41, 5.74) is 6.69. The summed E-state index contributed by atoms with van der Waals surface area (Å²) in [6.45, 7) is 6.08. The molecule has 1 amide bonds. The second kappa shape index (κ2) is 11.3. The molecule has 2 aromatic carbocycles. The highest BCUT2D eigenvalue weighted by Crippen LogP contribution is 2.42. The molecule has 224 valence electrons. The lowest BCUT2D eigenvalue weighted by atomic mass is 10.1. The number of nitrogens with one attached hydrogen (secondary N) is 3. The molecule has 0 bridgehead atoms. The molecular weight excluding hydrogens is 585 g/mol. The zero-order chi connectivity index (χ0) is 29.8. The Bertz CT molecular complexity index is 1920. The highest BCUT2D eigenvalue weighted by molar-refractivity contribution is 7.31. The standard InChI is InChI=1S/C35H36N6OS2/c1-20(2)15-33(42)41-14-4-6-28(41)35-37-19-27(40-35)21-7-9-22(10-8-21)29-17-31-32(43-29)18-30(44-31)23-11-12-24-26(16-23)39-34(38-24)25-5-3-13-36-25/h7-12,16-20,25,28,36H,3-6,13-15H2,1-2H3,(H,37,40)(H,38,39)/t25-,28-/m0/s1. The number of likely N-dealkylation sites (tertiary alicyclic amines) is 1. The number of benzene rings is 2. The van der Waals surface area contributed by atoms with Crippen LogP contribution < -0.4 is 5.32 Å². The van der Waals surface area contributed by atoms with Gasteiger partial charge in [0.15, 0.2) is 0 Å². The number of amides is 1. The van der Waals surface area contributed by atoms with Gasteiger partial charge >= 0.3 is 0 Å². The maximum absolute atomic E-state index is 12.8. The molecule has 6 aromatic rings. The fourth-order valence-electron chi connectivity index (χ4n) is 6.67. The molecule has 44 heavy (non-hydrogen) atoms. The Kier molecular flexibility index (Phi) is 7.12. The van der Waals surface area contributed by atoms with Crippen LogP contribution in [0.1, 0.15) is 69.7 Å². The van der Waals surface area contributed by atoms with E-state index in [0.717, 1.165) is 66.3 Å². The normalized spacial score (nSPS) is 18.8. The third-order valence-electron chi connectivity index (χ3n) is 8.93. The Labute approximate surface area is 264 Å². The van der Waals surface area contributed by atoms with Crippen molar-refractivity contribution in [2.24, 2.45) is 5.92 Å². The molecule has 9 heteroatoms. The molecule has 2 fully saturated rings. The number of carbonyl (C=O) groups excluding carboxylic acids is 1. The summed E-state index contributed by atoms with van der Waals surface area (Å²) >= 11 is 3.69. The van der Waals surface area contributed by atoms with Gasteiger partial charge in [-0.15, -0.1) is 22.7 Å². The van der Waals surface area contributed by atoms with E-state index in [-0.39, 0.29) is 11.9 Å². The highest BCUT2D eigenvalue weighted by Gasteiger charge is 2.32. The lowest BCUT2D eigenvalue weighted by molar-refractivity contribution is -0.133. The van der Waals surface area contributed by atoms with E-state index in [1.807, 2.05) is 33.8 Å². The van der Waals surface area contributed by atoms with Gasteiger partial charge < -0.3 is 20.2 Å². The van der Waals surface area contributed by atoms with Crippen LogP contribution in [0.15, 0.2) is 60.8 Å². The van der Waals surface area contributed by atoms with Crippen LogP contribution >= 0.6 is 22.7 Å². The van der Waals surface area contributed by atoms with Crippen LogP contribution in [0.2, 0.25) is 0 Å². The molecule has 6 heterocycles. The molecule has 2 aliphatic heterocycles. The van der Waals surface area contributed by atoms with E-state index in [9.17, 15) is 4.79 Å². The number of thiophene rings is 2. The van der Waals surface area contributed by atoms with Crippen LogP contribution in [-0.4, -0.2) is 43.8 Å². The topological polar surface area (TPSA) is 89.7 Å². The predicted molar refractivity (Wildman–Crippen MR) is 181 cm³/mol. The quantitative estimate of drug-likeness (QED) is 0.167. The van der Waals surface area contributed by atoms with Gasteiger partial charge in [-0.05, 0) is 79.1 Å². The van der Waals surface area contributed by atoms with Gasteiger partial charge in [0.1, 0.15) is 11.6 Å². The molecule has 7 nitrogen and oxygen atoms in total. The maximum Gasteiger partial charge on any atom is 0.223 e. The Balaban J connectivity index is 0.983. The first-order valence-electron chi connectivity index (χ1n) is 15.7. The van der Waals surface area contributed by atoms with Crippen molar-refractivity contribution in [1.82, 2.24) is 30.2 Å². The number of hydrogen-bond acceptors (Lipinski definition) is 6. The number of H-pyrrole nitrogens is 2. The van der Waals surface area contributed by atoms with E-state index < -0.39 is 0 Å². The van der Waals surface area contributed by atoms with E-state index >= 15 is 0 Å². The van der Waals surface area contributed by atoms with Crippen molar-refractivity contribution in [3.05, 3.63) is 72.4 Å². The summed E-state index contributed by atoms with van der Waals surface area (Å²) in [5, 5.41) is 3.54. The number of hydrogen-bond donors (Lipinski definition) is 3. The summed E-state index contributed by atoms with van der Waals surface area (Å²) in [4.78, 5) is 34.0. The SMILES string of the molecule is CC(C)CC(=O)N1CCC[C@H]1c1ncc(-c2ccc(-c3cc4sc(-c5ccc6nc([C@@H]7CCCN7)[nH]c6c5)cc4s3)cc2)[nH]1. The second-order valence-electron chi connectivity index (χ2n) is 12.6. The number of aromatic nitrogens is 4. The van der Waals surface area contributed by atoms with Gasteiger partial charge in [-0.1, -0.05) is 44.2 Å². The Morgan fingerprint density at radius 2 is 1.66 bits per heavy atom. The molecule has 4 aromatic heterocycles. The molecule has 2 saturated heterocycles. The van der Waals surface area contributed by atoms with Gasteiger partial charge in [0.2, 0.25) is 5.91 Å². The minimum atomic E-state index is 0.0475. The van der Waals surface area contributed by atoms with E-state index in [1.54, 1.807) is 0 Å². The first-order chi connectivity index (χ1) is 21.5. The first-order valence-corrected chi connectivity index (χ1v) is 17.3. The molecule has 0 spiro atoms. The monoisotopic (exact) mass is 620 g/mol. The number of fused-ring (bicyclic) bond motifs is 2. The molecular formula is C35H36N6OS2. The molecule has 3 N–H and O–H groups in total. The van der Waals surface area contributed by atoms with Crippen molar-refractivity contribution in [2.75, 3.05) is 13.1 Å². The van der Waals surface area contributed by atoms with Gasteiger partial charge in [0.05, 0.1) is 35.0 Å². The number of aromatic amines is 2. The molecule has 2 aliphatic rings. The fourth-order valence-corrected chi connectivity index (χ4v) is 9.07. The Hall–Kier alpha value is -3.79. The highest BCUT2D eigenvalue weighted by atomic mass is 32.1. The van der Waals surface area contributed by atoms with Crippen molar-refractivity contribution in [1.29, 1.82) is 0 Å². The average molecular weight is 621 g/mol. The second-order valence-corrected chi connectivity index (χ2v) is 14.7. The zero-order valence-electron chi connectivity index (χ0n) is 25.0. The Morgan fingerprint density at radius 1 is 0.909 bits per heavy atom. The van der Waals surface area contributed by atoms with Gasteiger partial charge in [0, 0.05) is 32.1 Å². The largest absolute Gasteiger partial charge is 0.341 e. The van der Waals surface area contributed by atoms with Crippen molar-refractivity contribution in [2.45, 2.75) is 58.0 Å². The predicted octanol–water partition coefficient (Wildman–Crippen LogP) is 8.70. The minimum absolute atomic E-state index is 0.0475. The fraction of sp³-hybridized carbons (Fsp3) is 0.343. The van der Waals surface area contributed by atoms with E-state index in [4.69, 9.17) is 9.97 Å². The summed E-state index contributed by atoms with van der Waals surface area (Å²) in [6.07, 6.45) is 6.83. The lowest BCUT2D eigenvalue weighted by Crippen LogP contribution is -2.31. The van der Waals surface area contributed by atoms with Crippen LogP contribution in [0.3, 0.4) is 0 Å². The number of imidazole rings is 2. The third kappa shape index (κ3) is 5.16. The van der Waals surface area contributed by atoms with Gasteiger partial charge in [0.25, 0.3) is 0 Å². The summed E-state index contributed by atoms with van der Waals surface area (Å²) in [5.74, 6) is 2.55. The summed E-state index contributed by atoms with van der Waals surface area (Å²) in [6, 6.07) is 20.3. The van der Waals surface area contributed by atoms with Crippen LogP contribution in [0.5, 0.6) is 0 Å². The summed E-state index contributed by atoms with van der Waals surface area (Å²) in [7, 11) is 0. The Morgan fingerprint density at radius 3 is 2.41 bits per heavy atom. The van der Waals surface area contributed by atoms with E-state index in [2.05, 4.69) is 83.7 Å². The van der Waals surface area contributed by atoms with E-state index in [1.165, 1.54) is 36.7 Å². The van der Waals surface area contributed by atoms with Gasteiger partial charge in [-0.3, -0.25) is 4.79 Å². The van der Waals surface area contributed by atoms with Crippen molar-refractivity contribution < 1.29 is 4.79 Å². The third-order valence-corrected chi connectivity index (χ3v) is 11.3. The van der Waals surface area contributed by atoms with E-state index in [0.29, 0.717) is 18.4 Å². The molecule has 0 radical (unpaired) electrons. The summed E-state index contributed by atoms with van der Waals surface area (Å²) < 4.78 is 2.63. The van der Waals surface area contributed by atoms with Crippen molar-refractivity contribution in [3.63, 3.8) is 0 Å². The van der Waals surface area contributed by atoms with Crippen molar-refractivity contribution in [3.8, 4) is 32.1 Å². The van der Waals surface area contributed by atoms with Crippen molar-refractivity contribution >= 4 is 49.0 Å². The number of nitrogens with zero attached hydrogens (tertiary/aromatic N) is 3. The molecule has 8 rings (SSSR count). The molecule has 2 atom stereocenters. The number of carbonyl (C=O) groups is 1. The molecule has 0 unspecified atom stereocenters. The van der Waals surface area contributed by atoms with Gasteiger partial charge in [-0.2, -0.15) is 0 Å². The van der Waals surface area contributed by atoms with Gasteiger partial charge in [-0.25, -0.2) is 9.97 Å².